The van der Waals surface area contributed by atoms with Crippen LogP contribution in [0.3, 0.4) is 0 Å². The van der Waals surface area contributed by atoms with Crippen LogP contribution in [-0.4, -0.2) is 32.1 Å². The fourth-order valence-electron chi connectivity index (χ4n) is 2.71. The second kappa shape index (κ2) is 7.25. The van der Waals surface area contributed by atoms with Crippen molar-refractivity contribution in [3.8, 4) is 17.1 Å². The van der Waals surface area contributed by atoms with Crippen LogP contribution < -0.4 is 10.1 Å². The van der Waals surface area contributed by atoms with Gasteiger partial charge in [0.05, 0.1) is 6.61 Å². The number of hydrogen-bond donors (Lipinski definition) is 1. The lowest BCUT2D eigenvalue weighted by Gasteiger charge is -2.07. The minimum Gasteiger partial charge on any atom is -0.494 e. The summed E-state index contributed by atoms with van der Waals surface area (Å²) in [5.74, 6) is 1.80. The van der Waals surface area contributed by atoms with Crippen molar-refractivity contribution >= 4 is 17.4 Å². The largest absolute Gasteiger partial charge is 0.494 e. The Morgan fingerprint density at radius 2 is 1.85 bits per heavy atom. The number of hydrogen-bond acceptors (Lipinski definition) is 5. The van der Waals surface area contributed by atoms with Crippen LogP contribution in [0, 0.1) is 0 Å². The molecule has 1 N–H and O–H groups in total. The summed E-state index contributed by atoms with van der Waals surface area (Å²) in [5.41, 5.74) is 2.12. The van der Waals surface area contributed by atoms with Crippen molar-refractivity contribution < 1.29 is 9.53 Å². The van der Waals surface area contributed by atoms with E-state index in [1.807, 2.05) is 55.6 Å². The molecule has 0 aliphatic heterocycles. The van der Waals surface area contributed by atoms with Crippen LogP contribution >= 0.6 is 0 Å². The monoisotopic (exact) mass is 359 g/mol. The number of ether oxygens (including phenoxy) is 1. The Labute approximate surface area is 155 Å². The maximum absolute atomic E-state index is 12.4. The van der Waals surface area contributed by atoms with Gasteiger partial charge in [0.25, 0.3) is 11.7 Å². The summed E-state index contributed by atoms with van der Waals surface area (Å²) >= 11 is 0. The molecule has 0 atom stereocenters. The summed E-state index contributed by atoms with van der Waals surface area (Å²) in [4.78, 5) is 16.6. The molecule has 1 amide bonds. The van der Waals surface area contributed by atoms with E-state index in [2.05, 4.69) is 20.5 Å². The van der Waals surface area contributed by atoms with Crippen molar-refractivity contribution in [2.45, 2.75) is 6.92 Å². The summed E-state index contributed by atoms with van der Waals surface area (Å²) < 4.78 is 7.20. The molecule has 0 radical (unpaired) electrons. The molecule has 0 spiro atoms. The Morgan fingerprint density at radius 1 is 1.07 bits per heavy atom. The van der Waals surface area contributed by atoms with Crippen molar-refractivity contribution in [3.63, 3.8) is 0 Å². The average Bonchev–Trinajstić information content (AvgIpc) is 3.14. The normalized spacial score (nSPS) is 10.7. The van der Waals surface area contributed by atoms with Crippen LogP contribution in [0.2, 0.25) is 0 Å². The Morgan fingerprint density at radius 3 is 2.59 bits per heavy atom. The first-order valence-corrected chi connectivity index (χ1v) is 8.55. The minimum absolute atomic E-state index is 0.182. The first-order chi connectivity index (χ1) is 13.2. The smallest absolute Gasteiger partial charge is 0.255 e. The first-order valence-electron chi connectivity index (χ1n) is 8.55. The predicted molar refractivity (Wildman–Crippen MR) is 102 cm³/mol. The summed E-state index contributed by atoms with van der Waals surface area (Å²) in [7, 11) is 0. The third kappa shape index (κ3) is 3.48. The molecule has 2 aromatic carbocycles. The van der Waals surface area contributed by atoms with E-state index in [-0.39, 0.29) is 5.91 Å². The highest BCUT2D eigenvalue weighted by Gasteiger charge is 2.10. The molecule has 0 bridgehead atoms. The van der Waals surface area contributed by atoms with Crippen LogP contribution in [0.25, 0.3) is 17.2 Å². The number of nitrogens with zero attached hydrogens (tertiary/aromatic N) is 4. The first kappa shape index (κ1) is 16.7. The standard InChI is InChI=1S/C20H17N5O2/c1-2-27-17-10-8-16(9-11-17)22-19(26)15-6-4-14(5-7-15)18-23-24-20-21-12-3-13-25(18)20/h3-13H,2H2,1H3,(H,22,26). The van der Waals surface area contributed by atoms with Gasteiger partial charge in [0.1, 0.15) is 5.75 Å². The summed E-state index contributed by atoms with van der Waals surface area (Å²) in [6.07, 6.45) is 3.52. The van der Waals surface area contributed by atoms with Crippen LogP contribution in [0.5, 0.6) is 5.75 Å². The van der Waals surface area contributed by atoms with E-state index in [1.54, 1.807) is 22.7 Å². The zero-order valence-corrected chi connectivity index (χ0v) is 14.7. The molecule has 0 fully saturated rings. The lowest BCUT2D eigenvalue weighted by atomic mass is 10.1. The van der Waals surface area contributed by atoms with Crippen LogP contribution in [0.4, 0.5) is 5.69 Å². The van der Waals surface area contributed by atoms with Gasteiger partial charge in [-0.1, -0.05) is 12.1 Å². The molecule has 0 aliphatic carbocycles. The molecule has 7 heteroatoms. The lowest BCUT2D eigenvalue weighted by Crippen LogP contribution is -2.11. The van der Waals surface area contributed by atoms with Crippen LogP contribution in [0.15, 0.2) is 67.0 Å². The molecular formula is C20H17N5O2. The fraction of sp³-hybridized carbons (Fsp3) is 0.100. The lowest BCUT2D eigenvalue weighted by molar-refractivity contribution is 0.102. The van der Waals surface area contributed by atoms with Crippen molar-refractivity contribution in [3.05, 3.63) is 72.6 Å². The van der Waals surface area contributed by atoms with Gasteiger partial charge in [0.2, 0.25) is 0 Å². The molecule has 2 heterocycles. The van der Waals surface area contributed by atoms with Crippen LogP contribution in [-0.2, 0) is 0 Å². The molecule has 4 rings (SSSR count). The average molecular weight is 359 g/mol. The zero-order chi connectivity index (χ0) is 18.6. The van der Waals surface area contributed by atoms with E-state index in [9.17, 15) is 4.79 Å². The van der Waals surface area contributed by atoms with Gasteiger partial charge in [-0.3, -0.25) is 9.20 Å². The van der Waals surface area contributed by atoms with Crippen molar-refractivity contribution in [2.24, 2.45) is 0 Å². The highest BCUT2D eigenvalue weighted by Crippen LogP contribution is 2.20. The van der Waals surface area contributed by atoms with Gasteiger partial charge < -0.3 is 10.1 Å². The van der Waals surface area contributed by atoms with Gasteiger partial charge in [0.15, 0.2) is 5.82 Å². The van der Waals surface area contributed by atoms with E-state index >= 15 is 0 Å². The Kier molecular flexibility index (Phi) is 4.49. The number of fused-ring (bicyclic) bond motifs is 1. The number of anilines is 1. The second-order valence-electron chi connectivity index (χ2n) is 5.80. The predicted octanol–water partition coefficient (Wildman–Crippen LogP) is 3.44. The van der Waals surface area contributed by atoms with Crippen LogP contribution in [0.1, 0.15) is 17.3 Å². The van der Waals surface area contributed by atoms with Gasteiger partial charge in [-0.25, -0.2) is 4.98 Å². The molecule has 0 unspecified atom stereocenters. The van der Waals surface area contributed by atoms with Crippen molar-refractivity contribution in [2.75, 3.05) is 11.9 Å². The Balaban J connectivity index is 1.50. The van der Waals surface area contributed by atoms with E-state index in [0.29, 0.717) is 29.5 Å². The molecule has 2 aromatic heterocycles. The second-order valence-corrected chi connectivity index (χ2v) is 5.80. The molecule has 0 saturated heterocycles. The minimum atomic E-state index is -0.182. The maximum Gasteiger partial charge on any atom is 0.255 e. The number of rotatable bonds is 5. The van der Waals surface area contributed by atoms with Gasteiger partial charge in [-0.15, -0.1) is 10.2 Å². The number of nitrogens with one attached hydrogen (secondary N) is 1. The molecule has 4 aromatic rings. The maximum atomic E-state index is 12.4. The number of carbonyl (C=O) groups excluding carboxylic acids is 1. The van der Waals surface area contributed by atoms with Gasteiger partial charge >= 0.3 is 0 Å². The SMILES string of the molecule is CCOc1ccc(NC(=O)c2ccc(-c3nnc4ncccn34)cc2)cc1. The number of benzene rings is 2. The highest BCUT2D eigenvalue weighted by atomic mass is 16.5. The van der Waals surface area contributed by atoms with Crippen molar-refractivity contribution in [1.82, 2.24) is 19.6 Å². The Hall–Kier alpha value is -3.74. The topological polar surface area (TPSA) is 81.4 Å². The summed E-state index contributed by atoms with van der Waals surface area (Å²) in [5, 5.41) is 11.1. The summed E-state index contributed by atoms with van der Waals surface area (Å²) in [6, 6.07) is 16.3. The highest BCUT2D eigenvalue weighted by molar-refractivity contribution is 6.04. The van der Waals surface area contributed by atoms with E-state index < -0.39 is 0 Å². The third-order valence-corrected chi connectivity index (χ3v) is 4.02. The fourth-order valence-corrected chi connectivity index (χ4v) is 2.71. The van der Waals surface area contributed by atoms with E-state index in [1.165, 1.54) is 0 Å². The molecular weight excluding hydrogens is 342 g/mol. The molecule has 134 valence electrons. The Bertz CT molecular complexity index is 1070. The zero-order valence-electron chi connectivity index (χ0n) is 14.7. The van der Waals surface area contributed by atoms with Gasteiger partial charge in [0, 0.05) is 29.2 Å². The number of carbonyl (C=O) groups is 1. The van der Waals surface area contributed by atoms with E-state index in [0.717, 1.165) is 11.3 Å². The molecule has 7 nitrogen and oxygen atoms in total. The van der Waals surface area contributed by atoms with Gasteiger partial charge in [-0.2, -0.15) is 0 Å². The third-order valence-electron chi connectivity index (χ3n) is 4.02. The van der Waals surface area contributed by atoms with Gasteiger partial charge in [-0.05, 0) is 49.4 Å². The van der Waals surface area contributed by atoms with E-state index in [4.69, 9.17) is 4.74 Å². The number of amides is 1. The molecule has 27 heavy (non-hydrogen) atoms. The summed E-state index contributed by atoms with van der Waals surface area (Å²) in [6.45, 7) is 2.54. The molecule has 0 aliphatic rings. The quantitative estimate of drug-likeness (QED) is 0.590. The van der Waals surface area contributed by atoms with Crippen molar-refractivity contribution in [1.29, 1.82) is 0 Å². The number of aromatic nitrogens is 4. The molecule has 0 saturated carbocycles.